The predicted molar refractivity (Wildman–Crippen MR) is 246 cm³/mol. The van der Waals surface area contributed by atoms with Crippen molar-refractivity contribution < 1.29 is 49.8 Å². The Bertz CT molecular complexity index is 2700. The van der Waals surface area contributed by atoms with Gasteiger partial charge in [-0.15, -0.1) is 0 Å². The Morgan fingerprint density at radius 1 is 0.344 bits per heavy atom. The lowest BCUT2D eigenvalue weighted by Crippen LogP contribution is -2.17. The highest BCUT2D eigenvalue weighted by atomic mass is 16.3. The molecule has 0 aromatic heterocycles. The monoisotopic (exact) mass is 858 g/mol. The Hall–Kier alpha value is -7.98. The van der Waals surface area contributed by atoms with Crippen LogP contribution in [0.1, 0.15) is 116 Å². The quantitative estimate of drug-likeness (QED) is 0.0802. The molecule has 0 heterocycles. The van der Waals surface area contributed by atoms with Gasteiger partial charge in [0.2, 0.25) is 5.78 Å². The molecule has 0 bridgehead atoms. The van der Waals surface area contributed by atoms with Crippen LogP contribution >= 0.6 is 0 Å². The maximum absolute atomic E-state index is 12.6. The van der Waals surface area contributed by atoms with E-state index in [1.54, 1.807) is 84.9 Å². The largest absolute Gasteiger partial charge is 0.508 e. The van der Waals surface area contributed by atoms with Crippen molar-refractivity contribution in [1.82, 2.24) is 0 Å². The van der Waals surface area contributed by atoms with Crippen LogP contribution in [0.2, 0.25) is 0 Å². The number of hydrogen-bond acceptors (Lipinski definition) is 10. The first-order valence-corrected chi connectivity index (χ1v) is 20.3. The van der Waals surface area contributed by atoms with E-state index < -0.39 is 17.3 Å². The highest BCUT2D eigenvalue weighted by Crippen LogP contribution is 2.35. The van der Waals surface area contributed by atoms with Crippen LogP contribution in [0.4, 0.5) is 0 Å². The van der Waals surface area contributed by atoms with Crippen LogP contribution in [-0.2, 0) is 10.8 Å². The van der Waals surface area contributed by atoms with Crippen molar-refractivity contribution in [3.63, 3.8) is 0 Å². The average Bonchev–Trinajstić information content (AvgIpc) is 3.26. The fourth-order valence-electron chi connectivity index (χ4n) is 6.85. The summed E-state index contributed by atoms with van der Waals surface area (Å²) in [6.07, 6.45) is 0. The topological polar surface area (TPSA) is 190 Å². The predicted octanol–water partition coefficient (Wildman–Crippen LogP) is 10.8. The van der Waals surface area contributed by atoms with Crippen molar-refractivity contribution in [3.8, 4) is 34.5 Å². The van der Waals surface area contributed by atoms with Gasteiger partial charge in [-0.1, -0.05) is 151 Å². The van der Waals surface area contributed by atoms with E-state index in [2.05, 4.69) is 0 Å². The Kier molecular flexibility index (Phi) is 14.6. The highest BCUT2D eigenvalue weighted by Gasteiger charge is 2.26. The number of benzene rings is 7. The minimum Gasteiger partial charge on any atom is -0.508 e. The molecule has 6 N–H and O–H groups in total. The van der Waals surface area contributed by atoms with Gasteiger partial charge in [-0.05, 0) is 58.4 Å². The van der Waals surface area contributed by atoms with Crippen LogP contribution in [-0.4, -0.2) is 53.8 Å². The molecule has 0 aliphatic heterocycles. The van der Waals surface area contributed by atoms with E-state index in [4.69, 9.17) is 0 Å². The third-order valence-corrected chi connectivity index (χ3v) is 10.1. The van der Waals surface area contributed by atoms with Crippen molar-refractivity contribution >= 4 is 23.1 Å². The second-order valence-corrected chi connectivity index (χ2v) is 16.9. The van der Waals surface area contributed by atoms with Crippen LogP contribution in [0.3, 0.4) is 0 Å². The van der Waals surface area contributed by atoms with Gasteiger partial charge in [-0.2, -0.15) is 0 Å². The van der Waals surface area contributed by atoms with Gasteiger partial charge in [0.25, 0.3) is 0 Å². The van der Waals surface area contributed by atoms with Gasteiger partial charge in [0.05, 0.1) is 16.7 Å². The van der Waals surface area contributed by atoms with Crippen molar-refractivity contribution in [2.24, 2.45) is 0 Å². The molecule has 0 aliphatic rings. The third-order valence-electron chi connectivity index (χ3n) is 10.1. The van der Waals surface area contributed by atoms with Crippen molar-refractivity contribution in [3.05, 3.63) is 213 Å². The summed E-state index contributed by atoms with van der Waals surface area (Å²) in [5.74, 6) is -2.89. The third kappa shape index (κ3) is 11.1. The van der Waals surface area contributed by atoms with Crippen molar-refractivity contribution in [2.75, 3.05) is 0 Å². The van der Waals surface area contributed by atoms with Gasteiger partial charge in [-0.3, -0.25) is 19.2 Å². The van der Waals surface area contributed by atoms with Crippen LogP contribution in [0.15, 0.2) is 158 Å². The number of phenols is 6. The minimum atomic E-state index is -0.548. The highest BCUT2D eigenvalue weighted by molar-refractivity contribution is 6.17. The lowest BCUT2D eigenvalue weighted by Gasteiger charge is -2.22. The first-order valence-electron chi connectivity index (χ1n) is 20.3. The van der Waals surface area contributed by atoms with Gasteiger partial charge < -0.3 is 30.6 Å². The molecule has 7 rings (SSSR count). The van der Waals surface area contributed by atoms with Crippen LogP contribution in [0.5, 0.6) is 34.5 Å². The second kappa shape index (κ2) is 19.8. The number of carbonyl (C=O) groups excluding carboxylic acids is 4. The lowest BCUT2D eigenvalue weighted by atomic mass is 9.82. The fourth-order valence-corrected chi connectivity index (χ4v) is 6.85. The van der Waals surface area contributed by atoms with Gasteiger partial charge in [-0.25, -0.2) is 0 Å². The van der Waals surface area contributed by atoms with Gasteiger partial charge in [0, 0.05) is 34.4 Å². The SMILES string of the molecule is CC(C)(C)c1ccccc1C(=O)c1ccc(O)cc1O.CC(C)(C)c1ccccc1C(=O)c1ccc(O)cc1O.O=C(c1ccccc1)c1ccc(O)c(C(=O)c2ccccc2)c1O. The maximum Gasteiger partial charge on any atom is 0.200 e. The molecule has 0 saturated carbocycles. The van der Waals surface area contributed by atoms with E-state index in [1.807, 2.05) is 65.8 Å². The molecule has 7 aromatic carbocycles. The summed E-state index contributed by atoms with van der Waals surface area (Å²) in [7, 11) is 0. The maximum atomic E-state index is 12.6. The van der Waals surface area contributed by atoms with E-state index in [0.29, 0.717) is 22.3 Å². The summed E-state index contributed by atoms with van der Waals surface area (Å²) >= 11 is 0. The number of hydrogen-bond donors (Lipinski definition) is 6. The summed E-state index contributed by atoms with van der Waals surface area (Å²) in [4.78, 5) is 50.3. The summed E-state index contributed by atoms with van der Waals surface area (Å²) in [5.41, 5.74) is 3.44. The van der Waals surface area contributed by atoms with Crippen LogP contribution in [0, 0.1) is 0 Å². The minimum absolute atomic E-state index is 0.0294. The Balaban J connectivity index is 0.000000182. The van der Waals surface area contributed by atoms with Gasteiger partial charge in [0.15, 0.2) is 17.3 Å². The second-order valence-electron chi connectivity index (χ2n) is 16.9. The standard InChI is InChI=1S/C20H14O4.2C17H18O3/c21-16-12-11-15(18(22)13-7-3-1-4-8-13)20(24)17(16)19(23)14-9-5-2-6-10-14;2*1-17(2,3)14-7-5-4-6-12(14)16(20)13-9-8-11(18)10-15(13)19/h1-12,21,24H;2*4-10,18-19H,1-3H3. The summed E-state index contributed by atoms with van der Waals surface area (Å²) in [6.45, 7) is 12.2. The molecular weight excluding hydrogens is 809 g/mol. The van der Waals surface area contributed by atoms with E-state index in [0.717, 1.165) is 11.1 Å². The fraction of sp³-hybridized carbons (Fsp3) is 0.148. The summed E-state index contributed by atoms with van der Waals surface area (Å²) < 4.78 is 0. The molecule has 0 amide bonds. The normalized spacial score (nSPS) is 11.0. The Labute approximate surface area is 372 Å². The Morgan fingerprint density at radius 3 is 1.09 bits per heavy atom. The van der Waals surface area contributed by atoms with Gasteiger partial charge in [0.1, 0.15) is 40.1 Å². The molecule has 326 valence electrons. The van der Waals surface area contributed by atoms with Gasteiger partial charge >= 0.3 is 0 Å². The van der Waals surface area contributed by atoms with E-state index in [-0.39, 0.29) is 73.4 Å². The lowest BCUT2D eigenvalue weighted by molar-refractivity contribution is 0.102. The average molecular weight is 859 g/mol. The van der Waals surface area contributed by atoms with E-state index >= 15 is 0 Å². The first-order chi connectivity index (χ1) is 30.2. The molecule has 0 unspecified atom stereocenters. The summed E-state index contributed by atoms with van der Waals surface area (Å²) in [6, 6.07) is 42.0. The Morgan fingerprint density at radius 2 is 0.703 bits per heavy atom. The molecule has 0 saturated heterocycles. The zero-order valence-electron chi connectivity index (χ0n) is 36.3. The van der Waals surface area contributed by atoms with E-state index in [9.17, 15) is 49.8 Å². The molecule has 7 aromatic rings. The summed E-state index contributed by atoms with van der Waals surface area (Å²) in [5, 5.41) is 58.7. The van der Waals surface area contributed by atoms with E-state index in [1.165, 1.54) is 48.5 Å². The first kappa shape index (κ1) is 47.1. The zero-order valence-corrected chi connectivity index (χ0v) is 36.3. The molecule has 64 heavy (non-hydrogen) atoms. The molecule has 0 atom stereocenters. The smallest absolute Gasteiger partial charge is 0.200 e. The molecule has 0 fully saturated rings. The molecule has 10 heteroatoms. The molecule has 0 spiro atoms. The molecule has 0 aliphatic carbocycles. The van der Waals surface area contributed by atoms with Crippen molar-refractivity contribution in [1.29, 1.82) is 0 Å². The van der Waals surface area contributed by atoms with Crippen molar-refractivity contribution in [2.45, 2.75) is 52.4 Å². The molecule has 0 radical (unpaired) electrons. The number of carbonyl (C=O) groups is 4. The number of rotatable bonds is 8. The van der Waals surface area contributed by atoms with Crippen LogP contribution in [0.25, 0.3) is 0 Å². The molecule has 10 nitrogen and oxygen atoms in total. The number of phenolic OH excluding ortho intramolecular Hbond substituents is 6. The zero-order chi connectivity index (χ0) is 46.9. The number of ketones is 4. The number of aromatic hydroxyl groups is 6. The van der Waals surface area contributed by atoms with Crippen LogP contribution < -0.4 is 0 Å². The molecular formula is C54H50O10.